The number of carbonyl (C=O) groups is 2. The average molecular weight is 366 g/mol. The topological polar surface area (TPSA) is 88.3 Å². The van der Waals surface area contributed by atoms with Crippen LogP contribution in [0.1, 0.15) is 53.2 Å². The Morgan fingerprint density at radius 1 is 1.22 bits per heavy atom. The van der Waals surface area contributed by atoms with Crippen LogP contribution in [-0.4, -0.2) is 34.8 Å². The van der Waals surface area contributed by atoms with Crippen molar-refractivity contribution in [3.05, 3.63) is 58.9 Å². The van der Waals surface area contributed by atoms with Gasteiger partial charge in [-0.25, -0.2) is 0 Å². The van der Waals surface area contributed by atoms with Crippen molar-refractivity contribution in [3.63, 3.8) is 0 Å². The maximum absolute atomic E-state index is 12.6. The summed E-state index contributed by atoms with van der Waals surface area (Å²) < 4.78 is 0. The van der Waals surface area contributed by atoms with Gasteiger partial charge in [0.1, 0.15) is 0 Å². The summed E-state index contributed by atoms with van der Waals surface area (Å²) in [4.78, 5) is 30.0. The van der Waals surface area contributed by atoms with E-state index in [9.17, 15) is 9.59 Å². The van der Waals surface area contributed by atoms with Gasteiger partial charge < -0.3 is 11.1 Å². The summed E-state index contributed by atoms with van der Waals surface area (Å²) in [5.41, 5.74) is 10.1. The number of aromatic nitrogens is 1. The first-order chi connectivity index (χ1) is 12.9. The zero-order valence-electron chi connectivity index (χ0n) is 15.9. The molecular weight excluding hydrogens is 340 g/mol. The number of primary amides is 1. The summed E-state index contributed by atoms with van der Waals surface area (Å²) >= 11 is 0. The monoisotopic (exact) mass is 366 g/mol. The van der Waals surface area contributed by atoms with Crippen LogP contribution in [0.5, 0.6) is 0 Å². The van der Waals surface area contributed by atoms with Gasteiger partial charge >= 0.3 is 0 Å². The van der Waals surface area contributed by atoms with Crippen LogP contribution in [0.3, 0.4) is 0 Å². The molecule has 0 fully saturated rings. The van der Waals surface area contributed by atoms with Gasteiger partial charge in [0.25, 0.3) is 5.91 Å². The van der Waals surface area contributed by atoms with Gasteiger partial charge in [-0.1, -0.05) is 19.9 Å². The van der Waals surface area contributed by atoms with E-state index in [2.05, 4.69) is 35.1 Å². The molecule has 1 aliphatic heterocycles. The van der Waals surface area contributed by atoms with Crippen LogP contribution in [0, 0.1) is 0 Å². The number of nitrogens with two attached hydrogens (primary N) is 1. The normalized spacial score (nSPS) is 14.0. The Bertz CT molecular complexity index is 848. The Kier molecular flexibility index (Phi) is 5.86. The molecule has 0 unspecified atom stereocenters. The number of nitrogens with one attached hydrogen (secondary N) is 1. The quantitative estimate of drug-likeness (QED) is 0.823. The molecule has 0 bridgehead atoms. The van der Waals surface area contributed by atoms with Crippen molar-refractivity contribution in [1.29, 1.82) is 0 Å². The second-order valence-electron chi connectivity index (χ2n) is 7.34. The molecule has 3 rings (SSSR count). The summed E-state index contributed by atoms with van der Waals surface area (Å²) in [6.07, 6.45) is 4.68. The molecule has 1 aromatic heterocycles. The minimum atomic E-state index is -0.279. The van der Waals surface area contributed by atoms with Gasteiger partial charge in [0.2, 0.25) is 5.91 Å². The van der Waals surface area contributed by atoms with Crippen LogP contribution in [0.15, 0.2) is 36.7 Å². The Morgan fingerprint density at radius 2 is 2.04 bits per heavy atom. The lowest BCUT2D eigenvalue weighted by Gasteiger charge is -2.28. The number of hydrogen-bond acceptors (Lipinski definition) is 4. The van der Waals surface area contributed by atoms with E-state index >= 15 is 0 Å². The van der Waals surface area contributed by atoms with Gasteiger partial charge in [-0.3, -0.25) is 19.5 Å². The van der Waals surface area contributed by atoms with E-state index in [-0.39, 0.29) is 11.8 Å². The van der Waals surface area contributed by atoms with E-state index in [0.29, 0.717) is 24.4 Å². The Labute approximate surface area is 159 Å². The minimum absolute atomic E-state index is 0.161. The van der Waals surface area contributed by atoms with Gasteiger partial charge in [-0.05, 0) is 47.2 Å². The third-order valence-electron chi connectivity index (χ3n) is 4.92. The van der Waals surface area contributed by atoms with Crippen molar-refractivity contribution in [1.82, 2.24) is 9.88 Å². The molecule has 1 aromatic carbocycles. The summed E-state index contributed by atoms with van der Waals surface area (Å²) in [6.45, 7) is 6.49. The largest absolute Gasteiger partial charge is 0.370 e. The van der Waals surface area contributed by atoms with E-state index in [1.807, 2.05) is 18.2 Å². The smallest absolute Gasteiger partial charge is 0.257 e. The predicted molar refractivity (Wildman–Crippen MR) is 106 cm³/mol. The van der Waals surface area contributed by atoms with E-state index < -0.39 is 0 Å². The molecule has 3 N–H and O–H groups in total. The van der Waals surface area contributed by atoms with Crippen LogP contribution < -0.4 is 11.1 Å². The highest BCUT2D eigenvalue weighted by Crippen LogP contribution is 2.23. The first-order valence-electron chi connectivity index (χ1n) is 9.31. The number of anilines is 1. The lowest BCUT2D eigenvalue weighted by molar-refractivity contribution is -0.118. The van der Waals surface area contributed by atoms with Gasteiger partial charge in [0.05, 0.1) is 5.56 Å². The Hall–Kier alpha value is -2.73. The fourth-order valence-electron chi connectivity index (χ4n) is 3.25. The SMILES string of the molecule is CC(C)c1cncc(C(=O)Nc2ccc3c(c2)CN(CCC(N)=O)CC3)c1. The van der Waals surface area contributed by atoms with Crippen LogP contribution in [0.2, 0.25) is 0 Å². The van der Waals surface area contributed by atoms with E-state index in [4.69, 9.17) is 5.73 Å². The number of hydrogen-bond donors (Lipinski definition) is 2. The highest BCUT2D eigenvalue weighted by molar-refractivity contribution is 6.04. The van der Waals surface area contributed by atoms with E-state index in [0.717, 1.165) is 30.8 Å². The molecule has 6 nitrogen and oxygen atoms in total. The van der Waals surface area contributed by atoms with Crippen molar-refractivity contribution < 1.29 is 9.59 Å². The molecule has 1 aliphatic rings. The number of rotatable bonds is 6. The highest BCUT2D eigenvalue weighted by Gasteiger charge is 2.17. The molecular formula is C21H26N4O2. The molecule has 6 heteroatoms. The first kappa shape index (κ1) is 19.0. The number of carbonyl (C=O) groups excluding carboxylic acids is 2. The molecule has 142 valence electrons. The van der Waals surface area contributed by atoms with E-state index in [1.54, 1.807) is 12.4 Å². The molecule has 2 heterocycles. The standard InChI is InChI=1S/C21H26N4O2/c1-14(2)16-9-17(12-23-11-16)21(27)24-19-4-3-15-5-7-25(8-6-20(22)26)13-18(15)10-19/h3-4,9-12,14H,5-8,13H2,1-2H3,(H2,22,26)(H,24,27). The zero-order chi connectivity index (χ0) is 19.4. The van der Waals surface area contributed by atoms with Crippen molar-refractivity contribution in [2.75, 3.05) is 18.4 Å². The average Bonchev–Trinajstić information content (AvgIpc) is 2.66. The van der Waals surface area contributed by atoms with Crippen molar-refractivity contribution in [2.24, 2.45) is 5.73 Å². The fourth-order valence-corrected chi connectivity index (χ4v) is 3.25. The highest BCUT2D eigenvalue weighted by atomic mass is 16.2. The molecule has 2 aromatic rings. The number of fused-ring (bicyclic) bond motifs is 1. The zero-order valence-corrected chi connectivity index (χ0v) is 15.9. The maximum atomic E-state index is 12.6. The predicted octanol–water partition coefficient (Wildman–Crippen LogP) is 2.69. The third-order valence-corrected chi connectivity index (χ3v) is 4.92. The van der Waals surface area contributed by atoms with Crippen LogP contribution in [0.25, 0.3) is 0 Å². The van der Waals surface area contributed by atoms with Gasteiger partial charge in [0.15, 0.2) is 0 Å². The van der Waals surface area contributed by atoms with Gasteiger partial charge in [-0.15, -0.1) is 0 Å². The van der Waals surface area contributed by atoms with E-state index in [1.165, 1.54) is 11.1 Å². The number of nitrogens with zero attached hydrogens (tertiary/aromatic N) is 2. The Morgan fingerprint density at radius 3 is 2.78 bits per heavy atom. The maximum Gasteiger partial charge on any atom is 0.257 e. The molecule has 27 heavy (non-hydrogen) atoms. The van der Waals surface area contributed by atoms with Crippen molar-refractivity contribution in [2.45, 2.75) is 39.2 Å². The molecule has 0 saturated heterocycles. The summed E-state index contributed by atoms with van der Waals surface area (Å²) in [6, 6.07) is 7.91. The number of amides is 2. The Balaban J connectivity index is 1.70. The summed E-state index contributed by atoms with van der Waals surface area (Å²) in [5, 5.41) is 2.97. The summed E-state index contributed by atoms with van der Waals surface area (Å²) in [7, 11) is 0. The van der Waals surface area contributed by atoms with Gasteiger partial charge in [0, 0.05) is 44.1 Å². The third kappa shape index (κ3) is 4.92. The second kappa shape index (κ2) is 8.31. The number of benzene rings is 1. The first-order valence-corrected chi connectivity index (χ1v) is 9.31. The molecule has 0 radical (unpaired) electrons. The molecule has 0 atom stereocenters. The summed E-state index contributed by atoms with van der Waals surface area (Å²) in [5.74, 6) is -0.120. The van der Waals surface area contributed by atoms with Crippen LogP contribution in [0.4, 0.5) is 5.69 Å². The lowest BCUT2D eigenvalue weighted by Crippen LogP contribution is -2.33. The fraction of sp³-hybridized carbons (Fsp3) is 0.381. The second-order valence-corrected chi connectivity index (χ2v) is 7.34. The van der Waals surface area contributed by atoms with Crippen molar-refractivity contribution in [3.8, 4) is 0 Å². The van der Waals surface area contributed by atoms with Crippen molar-refractivity contribution >= 4 is 17.5 Å². The van der Waals surface area contributed by atoms with Crippen LogP contribution in [-0.2, 0) is 17.8 Å². The van der Waals surface area contributed by atoms with Gasteiger partial charge in [-0.2, -0.15) is 0 Å². The molecule has 0 saturated carbocycles. The molecule has 2 amide bonds. The minimum Gasteiger partial charge on any atom is -0.370 e. The molecule has 0 aliphatic carbocycles. The number of pyridine rings is 1. The molecule has 0 spiro atoms. The lowest BCUT2D eigenvalue weighted by atomic mass is 9.98. The van der Waals surface area contributed by atoms with Crippen LogP contribution >= 0.6 is 0 Å².